The smallest absolute Gasteiger partial charge is 1.00 e. The summed E-state index contributed by atoms with van der Waals surface area (Å²) in [7, 11) is 0. The van der Waals surface area contributed by atoms with Crippen LogP contribution in [0.2, 0.25) is 9.26 Å². The van der Waals surface area contributed by atoms with E-state index in [2.05, 4.69) is 75.1 Å². The van der Waals surface area contributed by atoms with Gasteiger partial charge in [-0.25, -0.2) is 0 Å². The fourth-order valence-corrected chi connectivity index (χ4v) is 13.3. The Kier molecular flexibility index (Phi) is 7.90. The first-order valence-corrected chi connectivity index (χ1v) is 15.6. The molecule has 2 aliphatic carbocycles. The maximum atomic E-state index is 2.64. The van der Waals surface area contributed by atoms with E-state index in [1.807, 2.05) is 6.56 Å². The summed E-state index contributed by atoms with van der Waals surface area (Å²) >= 11 is -2.42. The van der Waals surface area contributed by atoms with Crippen molar-refractivity contribution in [1.29, 1.82) is 0 Å². The molecule has 0 aliphatic heterocycles. The third kappa shape index (κ3) is 4.74. The third-order valence-electron chi connectivity index (χ3n) is 4.99. The molecule has 0 unspecified atom stereocenters. The Morgan fingerprint density at radius 1 is 0.696 bits per heavy atom. The molecule has 0 bridgehead atoms. The molecule has 0 aromatic carbocycles. The molecule has 0 atom stereocenters. The van der Waals surface area contributed by atoms with Crippen molar-refractivity contribution in [3.8, 4) is 0 Å². The molecule has 0 spiro atoms. The monoisotopic (exact) mass is 432 g/mol. The predicted molar refractivity (Wildman–Crippen MR) is 92.2 cm³/mol. The van der Waals surface area contributed by atoms with Crippen LogP contribution in [-0.2, 0) is 20.3 Å². The fraction of sp³-hybridized carbons (Fsp3) is 0.600. The van der Waals surface area contributed by atoms with Gasteiger partial charge in [0, 0.05) is 0 Å². The molecule has 23 heavy (non-hydrogen) atoms. The summed E-state index contributed by atoms with van der Waals surface area (Å²) in [4.78, 5) is 0. The van der Waals surface area contributed by atoms with Gasteiger partial charge in [0.1, 0.15) is 0 Å². The van der Waals surface area contributed by atoms with Crippen LogP contribution in [0.5, 0.6) is 0 Å². The van der Waals surface area contributed by atoms with Crippen LogP contribution in [0.25, 0.3) is 0 Å². The molecule has 0 radical (unpaired) electrons. The Balaban J connectivity index is 0.00000242. The molecule has 2 aliphatic rings. The van der Waals surface area contributed by atoms with Crippen LogP contribution in [-0.4, -0.2) is 0 Å². The van der Waals surface area contributed by atoms with Crippen LogP contribution in [0.3, 0.4) is 0 Å². The number of hydrogen-bond donors (Lipinski definition) is 0. The van der Waals surface area contributed by atoms with Gasteiger partial charge < -0.3 is 24.8 Å². The van der Waals surface area contributed by atoms with Gasteiger partial charge in [-0.15, -0.1) is 0 Å². The normalized spacial score (nSPS) is 17.7. The maximum Gasteiger partial charge on any atom is -1.00 e. The molecule has 0 amide bonds. The van der Waals surface area contributed by atoms with Gasteiger partial charge >= 0.3 is 137 Å². The van der Waals surface area contributed by atoms with Gasteiger partial charge in [-0.3, -0.25) is 0 Å². The molecule has 0 fully saturated rings. The third-order valence-corrected chi connectivity index (χ3v) is 14.7. The molecule has 0 aromatic heterocycles. The van der Waals surface area contributed by atoms with Crippen LogP contribution in [0.4, 0.5) is 0 Å². The first-order chi connectivity index (χ1) is 9.45. The molecule has 0 saturated heterocycles. The molecule has 0 aromatic rings. The Morgan fingerprint density at radius 2 is 1.00 bits per heavy atom. The van der Waals surface area contributed by atoms with Crippen LogP contribution < -0.4 is 24.8 Å². The van der Waals surface area contributed by atoms with E-state index >= 15 is 0 Å². The van der Waals surface area contributed by atoms with Crippen molar-refractivity contribution in [1.82, 2.24) is 0 Å². The zero-order valence-electron chi connectivity index (χ0n) is 16.0. The minimum Gasteiger partial charge on any atom is -1.00 e. The minimum atomic E-state index is -2.42. The van der Waals surface area contributed by atoms with Crippen molar-refractivity contribution in [3.63, 3.8) is 0 Å². The molecule has 0 heterocycles. The Hall–Kier alpha value is 0.423. The van der Waals surface area contributed by atoms with Crippen LogP contribution in [0.1, 0.15) is 54.4 Å². The van der Waals surface area contributed by atoms with Crippen LogP contribution in [0, 0.1) is 10.8 Å². The van der Waals surface area contributed by atoms with E-state index in [0.717, 1.165) is 0 Å². The zero-order valence-corrected chi connectivity index (χ0v) is 19.9. The standard InChI is InChI=1S/2C9H13.2CH3.2ClH.Zr/c2*1-9(2,3)8-6-4-5-7-8;;;;;/h2*4,6H,5H2,1-3H3;2*1H3;2*1H;/q;;;;;;+2/p-2. The predicted octanol–water partition coefficient (Wildman–Crippen LogP) is 0.765. The molecule has 0 nitrogen and oxygen atoms in total. The van der Waals surface area contributed by atoms with Crippen LogP contribution >= 0.6 is 0 Å². The number of halogens is 2. The molecule has 0 N–H and O–H groups in total. The van der Waals surface area contributed by atoms with Crippen LogP contribution in [0.15, 0.2) is 42.0 Å². The van der Waals surface area contributed by atoms with Gasteiger partial charge in [-0.1, -0.05) is 0 Å². The van der Waals surface area contributed by atoms with E-state index in [-0.39, 0.29) is 35.6 Å². The van der Waals surface area contributed by atoms with Gasteiger partial charge in [-0.05, 0) is 0 Å². The van der Waals surface area contributed by atoms with E-state index in [1.54, 1.807) is 11.1 Å². The molecular formula is C20H32Cl2Zr. The van der Waals surface area contributed by atoms with Gasteiger partial charge in [0.15, 0.2) is 0 Å². The van der Waals surface area contributed by atoms with E-state index < -0.39 is 20.3 Å². The average Bonchev–Trinajstić information content (AvgIpc) is 2.97. The summed E-state index contributed by atoms with van der Waals surface area (Å²) in [5.74, 6) is 0. The van der Waals surface area contributed by atoms with Crippen molar-refractivity contribution in [3.05, 3.63) is 42.0 Å². The fourth-order valence-electron chi connectivity index (χ4n) is 3.78. The Labute approximate surface area is 160 Å². The summed E-state index contributed by atoms with van der Waals surface area (Å²) < 4.78 is 8.93. The van der Waals surface area contributed by atoms with Gasteiger partial charge in [-0.2, -0.15) is 0 Å². The van der Waals surface area contributed by atoms with E-state index in [0.29, 0.717) is 0 Å². The Morgan fingerprint density at radius 3 is 1.26 bits per heavy atom. The summed E-state index contributed by atoms with van der Waals surface area (Å²) in [6.07, 6.45) is 12.0. The SMILES string of the molecule is CC(C)(C)C1=[C]([Zr+2]([CH3])([CH3])[C]2=C(C(C)(C)C)C=CC2)CC=C1.[Cl-].[Cl-]. The molecule has 2 rings (SSSR count). The number of hydrogen-bond acceptors (Lipinski definition) is 0. The molecular weight excluding hydrogens is 402 g/mol. The zero-order chi connectivity index (χ0) is 16.1. The first kappa shape index (κ1) is 23.4. The second kappa shape index (κ2) is 7.76. The summed E-state index contributed by atoms with van der Waals surface area (Å²) in [5.41, 5.74) is 3.84. The van der Waals surface area contributed by atoms with E-state index in [1.165, 1.54) is 12.8 Å². The molecule has 0 saturated carbocycles. The minimum absolute atomic E-state index is 0. The van der Waals surface area contributed by atoms with E-state index in [9.17, 15) is 0 Å². The second-order valence-corrected chi connectivity index (χ2v) is 20.1. The molecule has 3 heteroatoms. The van der Waals surface area contributed by atoms with Crippen molar-refractivity contribution >= 4 is 0 Å². The average molecular weight is 435 g/mol. The van der Waals surface area contributed by atoms with Crippen molar-refractivity contribution in [2.75, 3.05) is 0 Å². The second-order valence-electron chi connectivity index (χ2n) is 9.12. The van der Waals surface area contributed by atoms with Crippen molar-refractivity contribution < 1.29 is 45.1 Å². The topological polar surface area (TPSA) is 0 Å². The quantitative estimate of drug-likeness (QED) is 0.602. The van der Waals surface area contributed by atoms with Gasteiger partial charge in [0.05, 0.1) is 0 Å². The van der Waals surface area contributed by atoms with Gasteiger partial charge in [0.25, 0.3) is 0 Å². The largest absolute Gasteiger partial charge is 1.00 e. The Bertz CT molecular complexity index is 511. The van der Waals surface area contributed by atoms with Crippen molar-refractivity contribution in [2.45, 2.75) is 63.6 Å². The van der Waals surface area contributed by atoms with Crippen molar-refractivity contribution in [2.24, 2.45) is 10.8 Å². The summed E-state index contributed by atoms with van der Waals surface area (Å²) in [6.45, 7) is 14.2. The number of rotatable bonds is 2. The van der Waals surface area contributed by atoms with Gasteiger partial charge in [0.2, 0.25) is 0 Å². The number of allylic oxidation sites excluding steroid dienone is 8. The summed E-state index contributed by atoms with van der Waals surface area (Å²) in [5, 5.41) is 0. The molecule has 130 valence electrons. The summed E-state index contributed by atoms with van der Waals surface area (Å²) in [6, 6.07) is 0. The van der Waals surface area contributed by atoms with E-state index in [4.69, 9.17) is 0 Å². The maximum absolute atomic E-state index is 2.64. The first-order valence-electron chi connectivity index (χ1n) is 8.27.